The minimum absolute atomic E-state index is 0.145. The molecule has 2 rings (SSSR count). The van der Waals surface area contributed by atoms with E-state index in [1.165, 1.54) is 31.0 Å². The van der Waals surface area contributed by atoms with Crippen molar-refractivity contribution in [2.24, 2.45) is 0 Å². The van der Waals surface area contributed by atoms with E-state index in [-0.39, 0.29) is 11.6 Å². The standard InChI is InChI=1S/C14H21FN2O/c1-10(17(2)13-4-5-13)8-16-9-11-7-12(15)3-6-14(11)18/h3,6-7,10,13,16,18H,4-5,8-9H2,1-2H3. The van der Waals surface area contributed by atoms with Gasteiger partial charge < -0.3 is 10.4 Å². The lowest BCUT2D eigenvalue weighted by Gasteiger charge is -2.24. The molecule has 1 saturated carbocycles. The number of likely N-dealkylation sites (N-methyl/N-ethyl adjacent to an activating group) is 1. The highest BCUT2D eigenvalue weighted by Crippen LogP contribution is 2.26. The maximum Gasteiger partial charge on any atom is 0.123 e. The highest BCUT2D eigenvalue weighted by molar-refractivity contribution is 5.32. The Bertz CT molecular complexity index is 407. The van der Waals surface area contributed by atoms with Gasteiger partial charge in [-0.2, -0.15) is 0 Å². The molecule has 0 radical (unpaired) electrons. The molecule has 0 bridgehead atoms. The summed E-state index contributed by atoms with van der Waals surface area (Å²) >= 11 is 0. The maximum absolute atomic E-state index is 13.0. The lowest BCUT2D eigenvalue weighted by Crippen LogP contribution is -2.38. The fourth-order valence-electron chi connectivity index (χ4n) is 2.10. The number of halogens is 1. The average Bonchev–Trinajstić information content (AvgIpc) is 3.16. The molecule has 0 aliphatic heterocycles. The number of aromatic hydroxyl groups is 1. The van der Waals surface area contributed by atoms with Crippen molar-refractivity contribution in [1.82, 2.24) is 10.2 Å². The lowest BCUT2D eigenvalue weighted by molar-refractivity contribution is 0.240. The molecule has 0 aromatic heterocycles. The van der Waals surface area contributed by atoms with E-state index >= 15 is 0 Å². The predicted molar refractivity (Wildman–Crippen MR) is 70.0 cm³/mol. The van der Waals surface area contributed by atoms with E-state index in [4.69, 9.17) is 0 Å². The van der Waals surface area contributed by atoms with Gasteiger partial charge in [0, 0.05) is 30.7 Å². The van der Waals surface area contributed by atoms with E-state index in [1.807, 2.05) is 0 Å². The van der Waals surface area contributed by atoms with Crippen molar-refractivity contribution in [3.05, 3.63) is 29.6 Å². The summed E-state index contributed by atoms with van der Waals surface area (Å²) in [5.74, 6) is -0.167. The molecule has 100 valence electrons. The minimum atomic E-state index is -0.312. The number of phenolic OH excluding ortho intramolecular Hbond substituents is 1. The summed E-state index contributed by atoms with van der Waals surface area (Å²) in [6.07, 6.45) is 2.59. The normalized spacial score (nSPS) is 17.1. The monoisotopic (exact) mass is 252 g/mol. The first kappa shape index (κ1) is 13.3. The zero-order valence-corrected chi connectivity index (χ0v) is 11.0. The van der Waals surface area contributed by atoms with Gasteiger partial charge in [0.15, 0.2) is 0 Å². The molecule has 0 heterocycles. The van der Waals surface area contributed by atoms with E-state index < -0.39 is 0 Å². The third kappa shape index (κ3) is 3.43. The second-order valence-electron chi connectivity index (χ2n) is 5.15. The van der Waals surface area contributed by atoms with Crippen LogP contribution >= 0.6 is 0 Å². The first-order valence-electron chi connectivity index (χ1n) is 6.48. The van der Waals surface area contributed by atoms with E-state index in [0.29, 0.717) is 18.2 Å². The van der Waals surface area contributed by atoms with E-state index in [0.717, 1.165) is 12.6 Å². The van der Waals surface area contributed by atoms with Gasteiger partial charge in [-0.25, -0.2) is 4.39 Å². The number of nitrogens with one attached hydrogen (secondary N) is 1. The summed E-state index contributed by atoms with van der Waals surface area (Å²) in [4.78, 5) is 2.37. The molecule has 1 aliphatic carbocycles. The van der Waals surface area contributed by atoms with Crippen LogP contribution in [-0.2, 0) is 6.54 Å². The predicted octanol–water partition coefficient (Wildman–Crippen LogP) is 2.10. The number of rotatable bonds is 6. The zero-order valence-electron chi connectivity index (χ0n) is 11.0. The van der Waals surface area contributed by atoms with Gasteiger partial charge in [0.2, 0.25) is 0 Å². The number of nitrogens with zero attached hydrogens (tertiary/aromatic N) is 1. The topological polar surface area (TPSA) is 35.5 Å². The molecular weight excluding hydrogens is 231 g/mol. The smallest absolute Gasteiger partial charge is 0.123 e. The number of phenols is 1. The Kier molecular flexibility index (Phi) is 4.19. The Hall–Kier alpha value is -1.13. The molecular formula is C14H21FN2O. The molecule has 2 N–H and O–H groups in total. The number of hydrogen-bond donors (Lipinski definition) is 2. The number of benzene rings is 1. The SMILES string of the molecule is CC(CNCc1cc(F)ccc1O)N(C)C1CC1. The van der Waals surface area contributed by atoms with E-state index in [9.17, 15) is 9.50 Å². The van der Waals surface area contributed by atoms with Gasteiger partial charge in [0.05, 0.1) is 0 Å². The molecule has 1 aliphatic rings. The van der Waals surface area contributed by atoms with E-state index in [2.05, 4.69) is 24.2 Å². The second kappa shape index (κ2) is 5.67. The van der Waals surface area contributed by atoms with Crippen molar-refractivity contribution in [3.63, 3.8) is 0 Å². The quantitative estimate of drug-likeness (QED) is 0.814. The van der Waals surface area contributed by atoms with Crippen LogP contribution in [0.5, 0.6) is 5.75 Å². The Morgan fingerprint density at radius 1 is 1.50 bits per heavy atom. The molecule has 1 aromatic carbocycles. The summed E-state index contributed by atoms with van der Waals surface area (Å²) in [6, 6.07) is 5.23. The van der Waals surface area contributed by atoms with Crippen LogP contribution in [-0.4, -0.2) is 35.7 Å². The summed E-state index contributed by atoms with van der Waals surface area (Å²) in [5.41, 5.74) is 0.608. The third-order valence-corrected chi connectivity index (χ3v) is 3.61. The summed E-state index contributed by atoms with van der Waals surface area (Å²) in [6.45, 7) is 3.51. The molecule has 1 atom stereocenters. The van der Waals surface area contributed by atoms with Gasteiger partial charge in [0.25, 0.3) is 0 Å². The molecule has 1 aromatic rings. The molecule has 0 amide bonds. The Morgan fingerprint density at radius 2 is 2.22 bits per heavy atom. The van der Waals surface area contributed by atoms with Crippen LogP contribution in [0.15, 0.2) is 18.2 Å². The molecule has 0 saturated heterocycles. The minimum Gasteiger partial charge on any atom is -0.508 e. The average molecular weight is 252 g/mol. The summed E-state index contributed by atoms with van der Waals surface area (Å²) in [7, 11) is 2.14. The zero-order chi connectivity index (χ0) is 13.1. The van der Waals surface area contributed by atoms with Gasteiger partial charge in [-0.05, 0) is 45.0 Å². The third-order valence-electron chi connectivity index (χ3n) is 3.61. The largest absolute Gasteiger partial charge is 0.508 e. The molecule has 18 heavy (non-hydrogen) atoms. The van der Waals surface area contributed by atoms with Crippen molar-refractivity contribution in [2.45, 2.75) is 38.4 Å². The molecule has 1 fully saturated rings. The fraction of sp³-hybridized carbons (Fsp3) is 0.571. The van der Waals surface area contributed by atoms with Crippen LogP contribution in [0.25, 0.3) is 0 Å². The highest BCUT2D eigenvalue weighted by atomic mass is 19.1. The molecule has 3 nitrogen and oxygen atoms in total. The highest BCUT2D eigenvalue weighted by Gasteiger charge is 2.28. The van der Waals surface area contributed by atoms with Gasteiger partial charge in [-0.3, -0.25) is 4.90 Å². The fourth-order valence-corrected chi connectivity index (χ4v) is 2.10. The first-order chi connectivity index (χ1) is 8.58. The Labute approximate surface area is 108 Å². The molecule has 1 unspecified atom stereocenters. The van der Waals surface area contributed by atoms with Gasteiger partial charge in [0.1, 0.15) is 11.6 Å². The van der Waals surface area contributed by atoms with Crippen LogP contribution in [0.4, 0.5) is 4.39 Å². The van der Waals surface area contributed by atoms with Crippen LogP contribution < -0.4 is 5.32 Å². The van der Waals surface area contributed by atoms with Gasteiger partial charge >= 0.3 is 0 Å². The van der Waals surface area contributed by atoms with Crippen molar-refractivity contribution >= 4 is 0 Å². The molecule has 0 spiro atoms. The Balaban J connectivity index is 1.78. The van der Waals surface area contributed by atoms with Crippen LogP contribution in [0.2, 0.25) is 0 Å². The number of hydrogen-bond acceptors (Lipinski definition) is 3. The van der Waals surface area contributed by atoms with Gasteiger partial charge in [-0.1, -0.05) is 0 Å². The second-order valence-corrected chi connectivity index (χ2v) is 5.15. The van der Waals surface area contributed by atoms with Crippen LogP contribution in [0.3, 0.4) is 0 Å². The maximum atomic E-state index is 13.0. The lowest BCUT2D eigenvalue weighted by atomic mass is 10.2. The van der Waals surface area contributed by atoms with Crippen molar-refractivity contribution in [1.29, 1.82) is 0 Å². The van der Waals surface area contributed by atoms with Crippen LogP contribution in [0, 0.1) is 5.82 Å². The van der Waals surface area contributed by atoms with Crippen molar-refractivity contribution in [3.8, 4) is 5.75 Å². The molecule has 4 heteroatoms. The van der Waals surface area contributed by atoms with E-state index in [1.54, 1.807) is 0 Å². The van der Waals surface area contributed by atoms with Gasteiger partial charge in [-0.15, -0.1) is 0 Å². The summed E-state index contributed by atoms with van der Waals surface area (Å²) in [5, 5.41) is 12.9. The first-order valence-corrected chi connectivity index (χ1v) is 6.48. The van der Waals surface area contributed by atoms with Crippen LogP contribution in [0.1, 0.15) is 25.3 Å². The van der Waals surface area contributed by atoms with Crippen molar-refractivity contribution < 1.29 is 9.50 Å². The van der Waals surface area contributed by atoms with Crippen molar-refractivity contribution in [2.75, 3.05) is 13.6 Å². The Morgan fingerprint density at radius 3 is 2.89 bits per heavy atom. The summed E-state index contributed by atoms with van der Waals surface area (Å²) < 4.78 is 13.0.